The Balaban J connectivity index is 1.64. The molecule has 3 rings (SSSR count). The van der Waals surface area contributed by atoms with Crippen LogP contribution in [0.2, 0.25) is 0 Å². The van der Waals surface area contributed by atoms with Gasteiger partial charge in [-0.05, 0) is 18.6 Å². The smallest absolute Gasteiger partial charge is 0.303 e. The van der Waals surface area contributed by atoms with E-state index in [-0.39, 0.29) is 25.3 Å². The number of fused-ring (bicyclic) bond motifs is 1. The molecule has 3 heterocycles. The maximum absolute atomic E-state index is 11.7. The van der Waals surface area contributed by atoms with E-state index in [9.17, 15) is 14.7 Å². The van der Waals surface area contributed by atoms with E-state index in [4.69, 9.17) is 5.11 Å². The van der Waals surface area contributed by atoms with Gasteiger partial charge in [0.15, 0.2) is 0 Å². The van der Waals surface area contributed by atoms with Crippen LogP contribution in [-0.4, -0.2) is 57.3 Å². The van der Waals surface area contributed by atoms with Crippen LogP contribution in [0, 0.1) is 0 Å². The first-order valence-corrected chi connectivity index (χ1v) is 8.11. The zero-order valence-electron chi connectivity index (χ0n) is 13.7. The van der Waals surface area contributed by atoms with Crippen LogP contribution in [0.25, 0.3) is 10.9 Å². The molecular weight excluding hydrogens is 324 g/mol. The molecule has 132 valence electrons. The highest BCUT2D eigenvalue weighted by atomic mass is 16.4. The summed E-state index contributed by atoms with van der Waals surface area (Å²) in [7, 11) is 0. The fourth-order valence-corrected chi connectivity index (χ4v) is 3.03. The Morgan fingerprint density at radius 1 is 1.28 bits per heavy atom. The summed E-state index contributed by atoms with van der Waals surface area (Å²) < 4.78 is 0. The Bertz CT molecular complexity index is 792. The number of pyridine rings is 2. The van der Waals surface area contributed by atoms with Gasteiger partial charge in [0.1, 0.15) is 5.60 Å². The molecule has 0 radical (unpaired) electrons. The third-order valence-corrected chi connectivity index (χ3v) is 4.37. The fourth-order valence-electron chi connectivity index (χ4n) is 3.03. The summed E-state index contributed by atoms with van der Waals surface area (Å²) in [5.41, 5.74) is 0.743. The van der Waals surface area contributed by atoms with Crippen molar-refractivity contribution in [2.45, 2.75) is 24.9 Å². The summed E-state index contributed by atoms with van der Waals surface area (Å²) in [4.78, 5) is 32.6. The number of nitrogens with zero attached hydrogens (tertiary/aromatic N) is 3. The number of carboxylic acids is 1. The molecule has 1 amide bonds. The molecule has 1 saturated heterocycles. The van der Waals surface area contributed by atoms with Gasteiger partial charge in [-0.25, -0.2) is 0 Å². The van der Waals surface area contributed by atoms with Crippen molar-refractivity contribution in [3.63, 3.8) is 0 Å². The maximum Gasteiger partial charge on any atom is 0.303 e. The number of rotatable bonds is 6. The van der Waals surface area contributed by atoms with Gasteiger partial charge in [0, 0.05) is 55.7 Å². The molecule has 1 unspecified atom stereocenters. The molecule has 3 N–H and O–H groups in total. The lowest BCUT2D eigenvalue weighted by Crippen LogP contribution is -2.45. The first-order valence-electron chi connectivity index (χ1n) is 8.11. The Morgan fingerprint density at radius 3 is 2.92 bits per heavy atom. The molecule has 0 aromatic carbocycles. The summed E-state index contributed by atoms with van der Waals surface area (Å²) in [5, 5.41) is 22.9. The predicted octanol–water partition coefficient (Wildman–Crippen LogP) is 0.552. The number of β-amino-alcohol motifs (C(OH)–C–C–N with tert-alkyl or cyclic N) is 1. The first-order chi connectivity index (χ1) is 12.0. The molecule has 0 aliphatic carbocycles. The SMILES string of the molecule is O=C(O)CCC(=O)NCC1(O)CCN(c2ccnc3ccncc23)C1. The zero-order valence-corrected chi connectivity index (χ0v) is 13.7. The Hall–Kier alpha value is -2.74. The molecule has 1 aliphatic heterocycles. The molecule has 0 saturated carbocycles. The molecule has 2 aromatic heterocycles. The molecule has 1 fully saturated rings. The topological polar surface area (TPSA) is 116 Å². The average Bonchev–Trinajstić information content (AvgIpc) is 3.00. The van der Waals surface area contributed by atoms with Gasteiger partial charge < -0.3 is 20.4 Å². The van der Waals surface area contributed by atoms with Crippen LogP contribution < -0.4 is 10.2 Å². The van der Waals surface area contributed by atoms with E-state index in [1.165, 1.54) is 0 Å². The zero-order chi connectivity index (χ0) is 17.9. The number of amides is 1. The maximum atomic E-state index is 11.7. The number of aromatic nitrogens is 2. The van der Waals surface area contributed by atoms with E-state index in [1.54, 1.807) is 18.6 Å². The van der Waals surface area contributed by atoms with E-state index < -0.39 is 11.6 Å². The van der Waals surface area contributed by atoms with E-state index in [0.29, 0.717) is 19.5 Å². The lowest BCUT2D eigenvalue weighted by Gasteiger charge is -2.25. The summed E-state index contributed by atoms with van der Waals surface area (Å²) in [6.45, 7) is 1.12. The highest BCUT2D eigenvalue weighted by Gasteiger charge is 2.37. The van der Waals surface area contributed by atoms with Gasteiger partial charge in [-0.15, -0.1) is 0 Å². The van der Waals surface area contributed by atoms with Gasteiger partial charge >= 0.3 is 5.97 Å². The van der Waals surface area contributed by atoms with Gasteiger partial charge in [-0.2, -0.15) is 0 Å². The number of aliphatic hydroxyl groups is 1. The summed E-state index contributed by atoms with van der Waals surface area (Å²) >= 11 is 0. The van der Waals surface area contributed by atoms with Crippen LogP contribution >= 0.6 is 0 Å². The second-order valence-corrected chi connectivity index (χ2v) is 6.29. The largest absolute Gasteiger partial charge is 0.481 e. The number of hydrogen-bond donors (Lipinski definition) is 3. The van der Waals surface area contributed by atoms with Crippen molar-refractivity contribution in [3.8, 4) is 0 Å². The van der Waals surface area contributed by atoms with Crippen LogP contribution in [0.5, 0.6) is 0 Å². The molecule has 2 aromatic rings. The number of carbonyl (C=O) groups is 2. The number of aliphatic carboxylic acids is 1. The Labute approximate surface area is 144 Å². The summed E-state index contributed by atoms with van der Waals surface area (Å²) in [6, 6.07) is 3.73. The van der Waals surface area contributed by atoms with Crippen molar-refractivity contribution in [2.75, 3.05) is 24.5 Å². The van der Waals surface area contributed by atoms with Crippen LogP contribution in [-0.2, 0) is 9.59 Å². The van der Waals surface area contributed by atoms with Gasteiger partial charge in [-0.1, -0.05) is 0 Å². The van der Waals surface area contributed by atoms with Crippen LogP contribution in [0.15, 0.2) is 30.7 Å². The first kappa shape index (κ1) is 17.1. The molecule has 8 heteroatoms. The Kier molecular flexibility index (Phi) is 4.80. The van der Waals surface area contributed by atoms with E-state index in [0.717, 1.165) is 16.6 Å². The normalized spacial score (nSPS) is 20.0. The van der Waals surface area contributed by atoms with Crippen molar-refractivity contribution in [3.05, 3.63) is 30.7 Å². The van der Waals surface area contributed by atoms with E-state index >= 15 is 0 Å². The molecule has 0 bridgehead atoms. The number of hydrogen-bond acceptors (Lipinski definition) is 6. The van der Waals surface area contributed by atoms with Crippen molar-refractivity contribution in [1.29, 1.82) is 0 Å². The van der Waals surface area contributed by atoms with Crippen LogP contribution in [0.3, 0.4) is 0 Å². The van der Waals surface area contributed by atoms with Gasteiger partial charge in [0.2, 0.25) is 5.91 Å². The quantitative estimate of drug-likeness (QED) is 0.701. The second-order valence-electron chi connectivity index (χ2n) is 6.29. The standard InChI is InChI=1S/C17H20N4O4/c22-15(1-2-16(23)24)20-10-17(25)5-8-21(11-17)14-4-7-19-13-3-6-18-9-12(13)14/h3-4,6-7,9,25H,1-2,5,8,10-11H2,(H,20,22)(H,23,24). The molecule has 1 aliphatic rings. The lowest BCUT2D eigenvalue weighted by molar-refractivity contribution is -0.138. The minimum absolute atomic E-state index is 0.0875. The molecule has 8 nitrogen and oxygen atoms in total. The fraction of sp³-hybridized carbons (Fsp3) is 0.412. The van der Waals surface area contributed by atoms with Gasteiger partial charge in [0.25, 0.3) is 0 Å². The van der Waals surface area contributed by atoms with Gasteiger partial charge in [-0.3, -0.25) is 19.6 Å². The monoisotopic (exact) mass is 344 g/mol. The van der Waals surface area contributed by atoms with Crippen molar-refractivity contribution >= 4 is 28.5 Å². The van der Waals surface area contributed by atoms with Gasteiger partial charge in [0.05, 0.1) is 11.9 Å². The third kappa shape index (κ3) is 4.03. The molecular formula is C17H20N4O4. The summed E-state index contributed by atoms with van der Waals surface area (Å²) in [5.74, 6) is -1.38. The number of nitrogens with one attached hydrogen (secondary N) is 1. The van der Waals surface area contributed by atoms with Crippen molar-refractivity contribution < 1.29 is 19.8 Å². The van der Waals surface area contributed by atoms with Crippen LogP contribution in [0.1, 0.15) is 19.3 Å². The number of carbonyl (C=O) groups excluding carboxylic acids is 1. The van der Waals surface area contributed by atoms with Crippen LogP contribution in [0.4, 0.5) is 5.69 Å². The summed E-state index contributed by atoms with van der Waals surface area (Å²) in [6.07, 6.45) is 5.37. The minimum Gasteiger partial charge on any atom is -0.481 e. The highest BCUT2D eigenvalue weighted by molar-refractivity contribution is 5.90. The molecule has 0 spiro atoms. The van der Waals surface area contributed by atoms with E-state index in [1.807, 2.05) is 12.1 Å². The Morgan fingerprint density at radius 2 is 2.12 bits per heavy atom. The third-order valence-electron chi connectivity index (χ3n) is 4.37. The lowest BCUT2D eigenvalue weighted by atomic mass is 10.0. The molecule has 1 atom stereocenters. The minimum atomic E-state index is -1.04. The average molecular weight is 344 g/mol. The predicted molar refractivity (Wildman–Crippen MR) is 91.2 cm³/mol. The van der Waals surface area contributed by atoms with Crippen molar-refractivity contribution in [2.24, 2.45) is 0 Å². The number of anilines is 1. The molecule has 25 heavy (non-hydrogen) atoms. The van der Waals surface area contributed by atoms with Crippen molar-refractivity contribution in [1.82, 2.24) is 15.3 Å². The van der Waals surface area contributed by atoms with E-state index in [2.05, 4.69) is 20.2 Å². The second kappa shape index (κ2) is 7.02. The number of carboxylic acid groups (broad SMARTS) is 1. The highest BCUT2D eigenvalue weighted by Crippen LogP contribution is 2.31.